The second-order valence-electron chi connectivity index (χ2n) is 4.50. The van der Waals surface area contributed by atoms with Crippen LogP contribution in [0.3, 0.4) is 0 Å². The van der Waals surface area contributed by atoms with Crippen molar-refractivity contribution >= 4 is 11.6 Å². The van der Waals surface area contributed by atoms with Gasteiger partial charge in [-0.05, 0) is 23.8 Å². The Hall–Kier alpha value is -3.01. The predicted octanol–water partition coefficient (Wildman–Crippen LogP) is 3.90. The lowest BCUT2D eigenvalue weighted by Crippen LogP contribution is -2.12. The van der Waals surface area contributed by atoms with Crippen molar-refractivity contribution in [3.05, 3.63) is 72.7 Å². The van der Waals surface area contributed by atoms with Gasteiger partial charge in [-0.2, -0.15) is 0 Å². The summed E-state index contributed by atoms with van der Waals surface area (Å²) in [6.45, 7) is 0. The fourth-order valence-corrected chi connectivity index (χ4v) is 2.09. The van der Waals surface area contributed by atoms with Gasteiger partial charge in [-0.25, -0.2) is 0 Å². The second-order valence-corrected chi connectivity index (χ2v) is 4.50. The highest BCUT2D eigenvalue weighted by Gasteiger charge is 2.17. The molecule has 1 aromatic heterocycles. The minimum atomic E-state index is -0.402. The van der Waals surface area contributed by atoms with Crippen molar-refractivity contribution in [2.45, 2.75) is 0 Å². The van der Waals surface area contributed by atoms with Crippen LogP contribution in [0.2, 0.25) is 0 Å². The minimum Gasteiger partial charge on any atom is -0.506 e. The normalized spacial score (nSPS) is 10.3. The third kappa shape index (κ3) is 2.65. The predicted molar refractivity (Wildman–Crippen MR) is 80.2 cm³/mol. The number of carbonyl (C=O) groups excluding carboxylic acids is 1. The van der Waals surface area contributed by atoms with Crippen LogP contribution >= 0.6 is 0 Å². The smallest absolute Gasteiger partial charge is 0.292 e. The molecule has 2 N–H and O–H groups in total. The van der Waals surface area contributed by atoms with Crippen molar-refractivity contribution in [3.8, 4) is 16.9 Å². The van der Waals surface area contributed by atoms with Gasteiger partial charge in [0.15, 0.2) is 5.76 Å². The monoisotopic (exact) mass is 279 g/mol. The SMILES string of the molecule is O=C(Nc1ccccc1O)c1occc1-c1ccccc1. The summed E-state index contributed by atoms with van der Waals surface area (Å²) >= 11 is 0. The lowest BCUT2D eigenvalue weighted by Gasteiger charge is -2.07. The van der Waals surface area contributed by atoms with Crippen LogP contribution in [-0.4, -0.2) is 11.0 Å². The molecular weight excluding hydrogens is 266 g/mol. The highest BCUT2D eigenvalue weighted by atomic mass is 16.3. The summed E-state index contributed by atoms with van der Waals surface area (Å²) in [4.78, 5) is 12.3. The maximum Gasteiger partial charge on any atom is 0.292 e. The van der Waals surface area contributed by atoms with Crippen LogP contribution in [0, 0.1) is 0 Å². The Balaban J connectivity index is 1.90. The summed E-state index contributed by atoms with van der Waals surface area (Å²) < 4.78 is 5.30. The molecule has 1 amide bonds. The van der Waals surface area contributed by atoms with Crippen molar-refractivity contribution in [1.82, 2.24) is 0 Å². The Morgan fingerprint density at radius 1 is 0.952 bits per heavy atom. The number of anilines is 1. The lowest BCUT2D eigenvalue weighted by molar-refractivity contribution is 0.0997. The Kier molecular flexibility index (Phi) is 3.43. The number of rotatable bonds is 3. The molecule has 0 radical (unpaired) electrons. The zero-order valence-corrected chi connectivity index (χ0v) is 11.1. The van der Waals surface area contributed by atoms with Gasteiger partial charge in [0.2, 0.25) is 0 Å². The second kappa shape index (κ2) is 5.54. The number of aromatic hydroxyl groups is 1. The molecule has 0 saturated heterocycles. The topological polar surface area (TPSA) is 62.5 Å². The maximum absolute atomic E-state index is 12.3. The molecule has 3 aromatic rings. The van der Waals surface area contributed by atoms with E-state index in [0.29, 0.717) is 11.3 Å². The molecule has 0 fully saturated rings. The van der Waals surface area contributed by atoms with Gasteiger partial charge in [0, 0.05) is 5.56 Å². The molecule has 0 bridgehead atoms. The Bertz CT molecular complexity index is 762. The van der Waals surface area contributed by atoms with Crippen LogP contribution in [0.4, 0.5) is 5.69 Å². The molecule has 2 aromatic carbocycles. The van der Waals surface area contributed by atoms with Crippen LogP contribution in [0.25, 0.3) is 11.1 Å². The number of nitrogens with one attached hydrogen (secondary N) is 1. The number of para-hydroxylation sites is 2. The summed E-state index contributed by atoms with van der Waals surface area (Å²) in [6, 6.07) is 17.8. The first-order valence-corrected chi connectivity index (χ1v) is 6.48. The van der Waals surface area contributed by atoms with Gasteiger partial charge in [0.05, 0.1) is 12.0 Å². The van der Waals surface area contributed by atoms with Crippen LogP contribution in [0.5, 0.6) is 5.75 Å². The van der Waals surface area contributed by atoms with E-state index in [4.69, 9.17) is 4.42 Å². The number of phenolic OH excluding ortho intramolecular Hbond substituents is 1. The molecule has 4 heteroatoms. The molecule has 0 spiro atoms. The van der Waals surface area contributed by atoms with E-state index in [9.17, 15) is 9.90 Å². The molecule has 3 rings (SSSR count). The molecule has 0 aliphatic carbocycles. The molecule has 0 aliphatic heterocycles. The van der Waals surface area contributed by atoms with Crippen LogP contribution in [0.15, 0.2) is 71.3 Å². The molecular formula is C17H13NO3. The van der Waals surface area contributed by atoms with Gasteiger partial charge in [-0.1, -0.05) is 42.5 Å². The largest absolute Gasteiger partial charge is 0.506 e. The number of furan rings is 1. The number of hydrogen-bond acceptors (Lipinski definition) is 3. The standard InChI is InChI=1S/C17H13NO3/c19-15-9-5-4-8-14(15)18-17(20)16-13(10-11-21-16)12-6-2-1-3-7-12/h1-11,19H,(H,18,20). The van der Waals surface area contributed by atoms with Gasteiger partial charge in [-0.15, -0.1) is 0 Å². The average molecular weight is 279 g/mol. The van der Waals surface area contributed by atoms with Crippen molar-refractivity contribution in [2.24, 2.45) is 0 Å². The van der Waals surface area contributed by atoms with Gasteiger partial charge in [0.25, 0.3) is 5.91 Å². The summed E-state index contributed by atoms with van der Waals surface area (Å²) in [6.07, 6.45) is 1.47. The first-order chi connectivity index (χ1) is 10.3. The number of benzene rings is 2. The zero-order valence-electron chi connectivity index (χ0n) is 11.1. The number of phenols is 1. The minimum absolute atomic E-state index is 0.0127. The van der Waals surface area contributed by atoms with Crippen molar-refractivity contribution in [1.29, 1.82) is 0 Å². The third-order valence-corrected chi connectivity index (χ3v) is 3.11. The third-order valence-electron chi connectivity index (χ3n) is 3.11. The highest BCUT2D eigenvalue weighted by Crippen LogP contribution is 2.27. The van der Waals surface area contributed by atoms with Gasteiger partial charge in [0.1, 0.15) is 5.75 Å². The fraction of sp³-hybridized carbons (Fsp3) is 0. The Labute approximate surface area is 121 Å². The average Bonchev–Trinajstić information content (AvgIpc) is 3.00. The Morgan fingerprint density at radius 2 is 1.67 bits per heavy atom. The molecule has 1 heterocycles. The number of carbonyl (C=O) groups is 1. The lowest BCUT2D eigenvalue weighted by atomic mass is 10.1. The summed E-state index contributed by atoms with van der Waals surface area (Å²) in [5.74, 6) is -0.177. The van der Waals surface area contributed by atoms with Crippen LogP contribution in [-0.2, 0) is 0 Å². The van der Waals surface area contributed by atoms with E-state index in [1.54, 1.807) is 24.3 Å². The van der Waals surface area contributed by atoms with E-state index in [0.717, 1.165) is 5.56 Å². The summed E-state index contributed by atoms with van der Waals surface area (Å²) in [7, 11) is 0. The first kappa shape index (κ1) is 13.0. The molecule has 21 heavy (non-hydrogen) atoms. The maximum atomic E-state index is 12.3. The van der Waals surface area contributed by atoms with Crippen LogP contribution < -0.4 is 5.32 Å². The molecule has 4 nitrogen and oxygen atoms in total. The van der Waals surface area contributed by atoms with E-state index in [-0.39, 0.29) is 11.5 Å². The molecule has 0 unspecified atom stereocenters. The van der Waals surface area contributed by atoms with Gasteiger partial charge in [-0.3, -0.25) is 4.79 Å². The zero-order chi connectivity index (χ0) is 14.7. The van der Waals surface area contributed by atoms with Crippen LogP contribution in [0.1, 0.15) is 10.6 Å². The van der Waals surface area contributed by atoms with Gasteiger partial charge >= 0.3 is 0 Å². The first-order valence-electron chi connectivity index (χ1n) is 6.48. The molecule has 0 aliphatic rings. The molecule has 0 atom stereocenters. The van der Waals surface area contributed by atoms with Crippen molar-refractivity contribution in [3.63, 3.8) is 0 Å². The van der Waals surface area contributed by atoms with E-state index in [1.807, 2.05) is 30.3 Å². The van der Waals surface area contributed by atoms with Crippen molar-refractivity contribution < 1.29 is 14.3 Å². The molecule has 0 saturated carbocycles. The fourth-order valence-electron chi connectivity index (χ4n) is 2.09. The van der Waals surface area contributed by atoms with E-state index in [1.165, 1.54) is 12.3 Å². The highest BCUT2D eigenvalue weighted by molar-refractivity contribution is 6.07. The number of hydrogen-bond donors (Lipinski definition) is 2. The van der Waals surface area contributed by atoms with E-state index in [2.05, 4.69) is 5.32 Å². The van der Waals surface area contributed by atoms with Crippen molar-refractivity contribution in [2.75, 3.05) is 5.32 Å². The number of amides is 1. The molecule has 104 valence electrons. The van der Waals surface area contributed by atoms with Gasteiger partial charge < -0.3 is 14.8 Å². The summed E-state index contributed by atoms with van der Waals surface area (Å²) in [5.41, 5.74) is 1.95. The van der Waals surface area contributed by atoms with E-state index >= 15 is 0 Å². The quantitative estimate of drug-likeness (QED) is 0.715. The summed E-state index contributed by atoms with van der Waals surface area (Å²) in [5, 5.41) is 12.3. The van der Waals surface area contributed by atoms with E-state index < -0.39 is 5.91 Å². The Morgan fingerprint density at radius 3 is 2.43 bits per heavy atom.